The van der Waals surface area contributed by atoms with Crippen molar-refractivity contribution in [3.8, 4) is 0 Å². The maximum absolute atomic E-state index is 5.76. The number of nitrogens with two attached hydrogens (primary N) is 1. The molecule has 0 saturated heterocycles. The third kappa shape index (κ3) is 4.94. The average molecular weight is 359 g/mol. The first-order chi connectivity index (χ1) is 12.0. The van der Waals surface area contributed by atoms with Crippen molar-refractivity contribution in [2.24, 2.45) is 22.6 Å². The fourth-order valence-corrected chi connectivity index (χ4v) is 4.83. The lowest BCUT2D eigenvalue weighted by atomic mass is 9.72. The van der Waals surface area contributed by atoms with Crippen LogP contribution in [0.1, 0.15) is 63.8 Å². The van der Waals surface area contributed by atoms with Crippen molar-refractivity contribution in [2.75, 3.05) is 0 Å². The molecule has 2 nitrogen and oxygen atoms in total. The molecule has 1 heterocycles. The zero-order chi connectivity index (χ0) is 18.9. The van der Waals surface area contributed by atoms with Crippen LogP contribution in [0, 0.1) is 11.8 Å². The smallest absolute Gasteiger partial charge is 0.100 e. The van der Waals surface area contributed by atoms with Crippen LogP contribution < -0.4 is 5.73 Å². The highest BCUT2D eigenvalue weighted by Gasteiger charge is 2.39. The summed E-state index contributed by atoms with van der Waals surface area (Å²) in [5, 5.41) is 2.19. The Kier molecular flexibility index (Phi) is 8.91. The lowest BCUT2D eigenvalue weighted by molar-refractivity contribution is 0.233. The molecule has 0 aliphatic heterocycles. The minimum absolute atomic E-state index is 0.261. The molecule has 0 aromatic carbocycles. The molecule has 2 atom stereocenters. The molecule has 2 N–H and O–H groups in total. The van der Waals surface area contributed by atoms with Crippen LogP contribution in [0.15, 0.2) is 47.8 Å². The van der Waals surface area contributed by atoms with Crippen molar-refractivity contribution in [3.63, 3.8) is 0 Å². The van der Waals surface area contributed by atoms with Crippen molar-refractivity contribution < 1.29 is 0 Å². The lowest BCUT2D eigenvalue weighted by Gasteiger charge is -2.37. The number of aliphatic imine (C=N–C) groups is 1. The summed E-state index contributed by atoms with van der Waals surface area (Å²) in [4.78, 5) is 5.98. The zero-order valence-corrected chi connectivity index (χ0v) is 17.1. The van der Waals surface area contributed by atoms with E-state index in [9.17, 15) is 0 Å². The van der Waals surface area contributed by atoms with E-state index < -0.39 is 0 Å². The Morgan fingerprint density at radius 2 is 1.96 bits per heavy atom. The van der Waals surface area contributed by atoms with Gasteiger partial charge in [0.1, 0.15) is 5.54 Å². The fourth-order valence-electron chi connectivity index (χ4n) is 3.75. The van der Waals surface area contributed by atoms with Gasteiger partial charge >= 0.3 is 0 Å². The van der Waals surface area contributed by atoms with E-state index in [1.165, 1.54) is 42.5 Å². The monoisotopic (exact) mass is 358 g/mol. The SMILES string of the molecule is C=C/C(=C\C)c1csc(C(C)(N=CN)C(C=C)C(CCC)CCC)c1. The average Bonchev–Trinajstić information content (AvgIpc) is 3.08. The second-order valence-corrected chi connectivity index (χ2v) is 7.58. The van der Waals surface area contributed by atoms with Gasteiger partial charge in [-0.3, -0.25) is 4.99 Å². The molecule has 0 aliphatic carbocycles. The van der Waals surface area contributed by atoms with Gasteiger partial charge in [0.25, 0.3) is 0 Å². The molecule has 0 fully saturated rings. The first-order valence-electron chi connectivity index (χ1n) is 9.28. The van der Waals surface area contributed by atoms with Gasteiger partial charge in [0.2, 0.25) is 0 Å². The predicted molar refractivity (Wildman–Crippen MR) is 115 cm³/mol. The van der Waals surface area contributed by atoms with E-state index >= 15 is 0 Å². The summed E-state index contributed by atoms with van der Waals surface area (Å²) in [6.07, 6.45) is 12.2. The summed E-state index contributed by atoms with van der Waals surface area (Å²) in [6.45, 7) is 16.8. The maximum atomic E-state index is 5.76. The van der Waals surface area contributed by atoms with Crippen molar-refractivity contribution in [1.82, 2.24) is 0 Å². The Bertz CT molecular complexity index is 605. The Morgan fingerprint density at radius 1 is 1.32 bits per heavy atom. The molecule has 1 aromatic heterocycles. The molecule has 0 saturated carbocycles. The number of rotatable bonds is 11. The van der Waals surface area contributed by atoms with Gasteiger partial charge in [0, 0.05) is 10.8 Å². The molecule has 3 heteroatoms. The van der Waals surface area contributed by atoms with Gasteiger partial charge in [-0.05, 0) is 42.3 Å². The van der Waals surface area contributed by atoms with Crippen LogP contribution in [0.25, 0.3) is 5.57 Å². The molecule has 1 rings (SSSR count). The Hall–Kier alpha value is -1.61. The summed E-state index contributed by atoms with van der Waals surface area (Å²) in [5.41, 5.74) is 7.73. The number of thiophene rings is 1. The van der Waals surface area contributed by atoms with Gasteiger partial charge in [-0.25, -0.2) is 0 Å². The van der Waals surface area contributed by atoms with Crippen molar-refractivity contribution >= 4 is 23.2 Å². The quantitative estimate of drug-likeness (QED) is 0.207. The molecule has 1 aromatic rings. The molecule has 0 amide bonds. The minimum Gasteiger partial charge on any atom is -0.390 e. The largest absolute Gasteiger partial charge is 0.390 e. The van der Waals surface area contributed by atoms with Crippen LogP contribution in [0.4, 0.5) is 0 Å². The number of hydrogen-bond acceptors (Lipinski definition) is 2. The molecule has 138 valence electrons. The van der Waals surface area contributed by atoms with Crippen molar-refractivity contribution in [2.45, 2.75) is 58.9 Å². The van der Waals surface area contributed by atoms with E-state index in [-0.39, 0.29) is 11.5 Å². The van der Waals surface area contributed by atoms with Crippen LogP contribution in [0.5, 0.6) is 0 Å². The highest BCUT2D eigenvalue weighted by molar-refractivity contribution is 7.10. The van der Waals surface area contributed by atoms with Gasteiger partial charge in [-0.1, -0.05) is 64.3 Å². The van der Waals surface area contributed by atoms with Crippen molar-refractivity contribution in [1.29, 1.82) is 0 Å². The Morgan fingerprint density at radius 3 is 2.40 bits per heavy atom. The summed E-state index contributed by atoms with van der Waals surface area (Å²) in [5.74, 6) is 0.823. The number of allylic oxidation sites excluding steroid dienone is 3. The van der Waals surface area contributed by atoms with E-state index in [0.717, 1.165) is 5.57 Å². The van der Waals surface area contributed by atoms with Crippen LogP contribution in [0.2, 0.25) is 0 Å². The van der Waals surface area contributed by atoms with E-state index in [4.69, 9.17) is 10.7 Å². The van der Waals surface area contributed by atoms with Gasteiger partial charge < -0.3 is 5.73 Å². The summed E-state index contributed by atoms with van der Waals surface area (Å²) >= 11 is 1.75. The lowest BCUT2D eigenvalue weighted by Crippen LogP contribution is -2.34. The standard InChI is InChI=1S/C22H34N2S/c1-7-12-18(13-8-2)20(11-5)22(6,24-16-23)21-14-19(15-25-21)17(9-3)10-4/h9-11,14-16,18,20H,3,5,7-8,12-13H2,1-2,4,6H3,(H2,23,24)/b17-10+. The van der Waals surface area contributed by atoms with E-state index in [1.54, 1.807) is 11.3 Å². The molecule has 2 unspecified atom stereocenters. The van der Waals surface area contributed by atoms with E-state index in [1.807, 2.05) is 13.0 Å². The third-order valence-electron chi connectivity index (χ3n) is 5.04. The maximum Gasteiger partial charge on any atom is 0.100 e. The van der Waals surface area contributed by atoms with Crippen LogP contribution >= 0.6 is 11.3 Å². The number of nitrogens with zero attached hydrogens (tertiary/aromatic N) is 1. The molecule has 0 bridgehead atoms. The minimum atomic E-state index is -0.381. The fraction of sp³-hybridized carbons (Fsp3) is 0.500. The van der Waals surface area contributed by atoms with E-state index in [0.29, 0.717) is 5.92 Å². The molecule has 0 spiro atoms. The third-order valence-corrected chi connectivity index (χ3v) is 6.19. The van der Waals surface area contributed by atoms with Gasteiger partial charge in [-0.15, -0.1) is 17.9 Å². The highest BCUT2D eigenvalue weighted by Crippen LogP contribution is 2.44. The van der Waals surface area contributed by atoms with Crippen LogP contribution in [-0.2, 0) is 5.54 Å². The number of hydrogen-bond donors (Lipinski definition) is 1. The molecular weight excluding hydrogens is 324 g/mol. The Balaban J connectivity index is 3.38. The van der Waals surface area contributed by atoms with Crippen LogP contribution in [-0.4, -0.2) is 6.34 Å². The summed E-state index contributed by atoms with van der Waals surface area (Å²) in [7, 11) is 0. The van der Waals surface area contributed by atoms with Gasteiger partial charge in [-0.2, -0.15) is 0 Å². The summed E-state index contributed by atoms with van der Waals surface area (Å²) in [6, 6.07) is 2.24. The van der Waals surface area contributed by atoms with Crippen LogP contribution in [0.3, 0.4) is 0 Å². The van der Waals surface area contributed by atoms with Crippen molar-refractivity contribution in [3.05, 3.63) is 53.3 Å². The molecule has 0 aliphatic rings. The first-order valence-corrected chi connectivity index (χ1v) is 10.2. The summed E-state index contributed by atoms with van der Waals surface area (Å²) < 4.78 is 0. The van der Waals surface area contributed by atoms with E-state index in [2.05, 4.69) is 57.5 Å². The zero-order valence-electron chi connectivity index (χ0n) is 16.3. The normalized spacial score (nSPS) is 16.1. The molecule has 25 heavy (non-hydrogen) atoms. The Labute approximate surface area is 158 Å². The second kappa shape index (κ2) is 10.4. The molecule has 0 radical (unpaired) electrons. The topological polar surface area (TPSA) is 38.4 Å². The second-order valence-electron chi connectivity index (χ2n) is 6.67. The van der Waals surface area contributed by atoms with Gasteiger partial charge in [0.15, 0.2) is 0 Å². The van der Waals surface area contributed by atoms with Gasteiger partial charge in [0.05, 0.1) is 6.34 Å². The predicted octanol–water partition coefficient (Wildman–Crippen LogP) is 6.56. The highest BCUT2D eigenvalue weighted by atomic mass is 32.1. The first kappa shape index (κ1) is 21.4. The molecular formula is C22H34N2S.